The molecule has 6 nitrogen and oxygen atoms in total. The van der Waals surface area contributed by atoms with Gasteiger partial charge in [0.25, 0.3) is 0 Å². The van der Waals surface area contributed by atoms with Crippen LogP contribution in [0.15, 0.2) is 42.5 Å². The summed E-state index contributed by atoms with van der Waals surface area (Å²) in [5.41, 5.74) is 13.3. The van der Waals surface area contributed by atoms with Crippen LogP contribution in [-0.4, -0.2) is 38.2 Å². The number of rotatable bonds is 4. The summed E-state index contributed by atoms with van der Waals surface area (Å²) in [6.45, 7) is 7.34. The lowest BCUT2D eigenvalue weighted by atomic mass is 10.2. The molecular formula is C26H35F3N4O2. The number of carbonyl (C=O) groups is 1. The minimum atomic E-state index is -4.36. The molecule has 2 aromatic carbocycles. The molecular weight excluding hydrogens is 457 g/mol. The summed E-state index contributed by atoms with van der Waals surface area (Å²) in [6, 6.07) is 12.2. The van der Waals surface area contributed by atoms with Gasteiger partial charge in [-0.15, -0.1) is 0 Å². The van der Waals surface area contributed by atoms with Crippen molar-refractivity contribution in [3.05, 3.63) is 53.7 Å². The molecule has 0 radical (unpaired) electrons. The van der Waals surface area contributed by atoms with Gasteiger partial charge in [0.05, 0.1) is 30.6 Å². The van der Waals surface area contributed by atoms with Crippen LogP contribution in [0.3, 0.4) is 0 Å². The van der Waals surface area contributed by atoms with Crippen LogP contribution >= 0.6 is 0 Å². The Hall–Kier alpha value is -3.64. The highest BCUT2D eigenvalue weighted by molar-refractivity contribution is 5.92. The van der Waals surface area contributed by atoms with Gasteiger partial charge in [0.15, 0.2) is 0 Å². The number of carbonyl (C=O) groups excluding carboxylic acids is 1. The molecule has 5 N–H and O–H groups in total. The van der Waals surface area contributed by atoms with Crippen LogP contribution in [0.4, 0.5) is 24.5 Å². The summed E-state index contributed by atoms with van der Waals surface area (Å²) < 4.78 is 45.5. The lowest BCUT2D eigenvalue weighted by Gasteiger charge is -2.11. The van der Waals surface area contributed by atoms with Gasteiger partial charge in [-0.05, 0) is 55.8 Å². The summed E-state index contributed by atoms with van der Waals surface area (Å²) in [4.78, 5) is 8.00. The fourth-order valence-corrected chi connectivity index (χ4v) is 2.98. The second kappa shape index (κ2) is 16.1. The zero-order valence-corrected chi connectivity index (χ0v) is 20.9. The lowest BCUT2D eigenvalue weighted by Crippen LogP contribution is -2.18. The smallest absolute Gasteiger partial charge is 0.406 e. The number of methoxy groups -OCH3 is 1. The number of aryl methyl sites for hydroxylation is 1. The fourth-order valence-electron chi connectivity index (χ4n) is 2.98. The summed E-state index contributed by atoms with van der Waals surface area (Å²) in [7, 11) is 3.08. The molecule has 1 aromatic heterocycles. The zero-order valence-electron chi connectivity index (χ0n) is 20.9. The van der Waals surface area contributed by atoms with E-state index in [9.17, 15) is 13.2 Å². The highest BCUT2D eigenvalue weighted by Crippen LogP contribution is 2.28. The average Bonchev–Trinajstić information content (AvgIpc) is 3.17. The van der Waals surface area contributed by atoms with Crippen LogP contribution in [0.2, 0.25) is 0 Å². The third-order valence-electron chi connectivity index (χ3n) is 4.26. The number of ether oxygens (including phenoxy) is 1. The van der Waals surface area contributed by atoms with Crippen LogP contribution in [0, 0.1) is 18.8 Å². The predicted molar refractivity (Wildman–Crippen MR) is 139 cm³/mol. The summed E-state index contributed by atoms with van der Waals surface area (Å²) >= 11 is 0. The Morgan fingerprint density at radius 2 is 1.74 bits per heavy atom. The molecule has 0 fully saturated rings. The van der Waals surface area contributed by atoms with E-state index in [4.69, 9.17) is 15.3 Å². The Morgan fingerprint density at radius 1 is 1.11 bits per heavy atom. The molecule has 0 saturated heterocycles. The number of nitrogens with two attached hydrogens (primary N) is 2. The van der Waals surface area contributed by atoms with Gasteiger partial charge < -0.3 is 30.9 Å². The number of alkyl halides is 3. The van der Waals surface area contributed by atoms with Crippen LogP contribution < -0.4 is 21.5 Å². The molecule has 9 heteroatoms. The van der Waals surface area contributed by atoms with E-state index < -0.39 is 12.7 Å². The number of nitrogens with zero attached hydrogens (tertiary/aromatic N) is 1. The predicted octanol–water partition coefficient (Wildman–Crippen LogP) is 5.37. The Labute approximate surface area is 205 Å². The van der Waals surface area contributed by atoms with E-state index in [1.165, 1.54) is 13.5 Å². The number of hydrogen-bond acceptors (Lipinski definition) is 5. The number of aromatic nitrogens is 1. The molecule has 3 rings (SSSR count). The zero-order chi connectivity index (χ0) is 27.0. The molecule has 0 unspecified atom stereocenters. The van der Waals surface area contributed by atoms with Crippen molar-refractivity contribution >= 4 is 29.1 Å². The van der Waals surface area contributed by atoms with E-state index in [0.717, 1.165) is 15.8 Å². The van der Waals surface area contributed by atoms with Crippen LogP contribution in [0.5, 0.6) is 5.75 Å². The first kappa shape index (κ1) is 31.4. The molecule has 35 heavy (non-hydrogen) atoms. The van der Waals surface area contributed by atoms with Gasteiger partial charge in [-0.1, -0.05) is 38.3 Å². The van der Waals surface area contributed by atoms with Crippen molar-refractivity contribution in [2.24, 2.45) is 5.73 Å². The number of nitrogens with one attached hydrogen (secondary N) is 1. The minimum Gasteiger partial charge on any atom is -0.495 e. The number of fused-ring (bicyclic) bond motifs is 1. The third kappa shape index (κ3) is 10.0. The Kier molecular flexibility index (Phi) is 14.4. The standard InChI is InChI=1S/C21H20F3N3O.C3H8.CH5N.CH2O/c1-14-8-9-18(20(11-14)28-2)26-10-4-5-15-12-16-17(25)6-3-7-19(16)27(15)13-21(22,23)24;1-3-2;2*1-2/h3,6-9,11-12,26H,10,13,25H2,1-2H3;3H2,1-2H3;2H2,1H3;1H2. The first-order valence-corrected chi connectivity index (χ1v) is 10.9. The normalized spacial score (nSPS) is 9.74. The summed E-state index contributed by atoms with van der Waals surface area (Å²) in [5.74, 6) is 6.38. The van der Waals surface area contributed by atoms with Gasteiger partial charge in [0.2, 0.25) is 0 Å². The first-order valence-electron chi connectivity index (χ1n) is 10.9. The van der Waals surface area contributed by atoms with Crippen molar-refractivity contribution in [2.75, 3.05) is 31.8 Å². The molecule has 0 aliphatic carbocycles. The van der Waals surface area contributed by atoms with E-state index in [0.29, 0.717) is 22.3 Å². The highest BCUT2D eigenvalue weighted by Gasteiger charge is 2.29. The molecule has 0 aliphatic rings. The quantitative estimate of drug-likeness (QED) is 0.336. The van der Waals surface area contributed by atoms with Gasteiger partial charge in [-0.2, -0.15) is 13.2 Å². The lowest BCUT2D eigenvalue weighted by molar-refractivity contribution is -0.140. The van der Waals surface area contributed by atoms with Gasteiger partial charge in [0.1, 0.15) is 19.1 Å². The molecule has 0 amide bonds. The molecule has 0 bridgehead atoms. The second-order valence-corrected chi connectivity index (χ2v) is 7.08. The molecule has 3 aromatic rings. The Morgan fingerprint density at radius 3 is 2.31 bits per heavy atom. The van der Waals surface area contributed by atoms with E-state index in [1.807, 2.05) is 31.9 Å². The highest BCUT2D eigenvalue weighted by atomic mass is 19.4. The fraction of sp³-hybridized carbons (Fsp3) is 0.346. The van der Waals surface area contributed by atoms with E-state index in [2.05, 4.69) is 36.7 Å². The maximum atomic E-state index is 13.0. The van der Waals surface area contributed by atoms with E-state index >= 15 is 0 Å². The van der Waals surface area contributed by atoms with Gasteiger partial charge in [-0.25, -0.2) is 0 Å². The van der Waals surface area contributed by atoms with Crippen molar-refractivity contribution in [1.82, 2.24) is 4.57 Å². The van der Waals surface area contributed by atoms with Gasteiger partial charge in [0, 0.05) is 11.1 Å². The Balaban J connectivity index is 0.00000150. The van der Waals surface area contributed by atoms with Gasteiger partial charge in [-0.3, -0.25) is 0 Å². The maximum absolute atomic E-state index is 13.0. The Bertz CT molecular complexity index is 1100. The molecule has 0 atom stereocenters. The average molecular weight is 493 g/mol. The summed E-state index contributed by atoms with van der Waals surface area (Å²) in [6.07, 6.45) is -3.11. The molecule has 0 aliphatic heterocycles. The first-order chi connectivity index (χ1) is 16.7. The maximum Gasteiger partial charge on any atom is 0.406 e. The summed E-state index contributed by atoms with van der Waals surface area (Å²) in [5, 5.41) is 3.68. The minimum absolute atomic E-state index is 0.252. The van der Waals surface area contributed by atoms with Crippen LogP contribution in [-0.2, 0) is 11.3 Å². The third-order valence-corrected chi connectivity index (χ3v) is 4.26. The SMILES string of the molecule is C=O.CCC.CN.COc1cc(C)ccc1NCC#Cc1cc2c(N)cccc2n1CC(F)(F)F. The number of hydrogen-bond donors (Lipinski definition) is 3. The molecule has 192 valence electrons. The second-order valence-electron chi connectivity index (χ2n) is 7.08. The molecule has 0 saturated carbocycles. The van der Waals surface area contributed by atoms with Crippen LogP contribution in [0.1, 0.15) is 31.5 Å². The van der Waals surface area contributed by atoms with Crippen LogP contribution in [0.25, 0.3) is 10.9 Å². The number of nitrogen functional groups attached to an aromatic ring is 1. The monoisotopic (exact) mass is 492 g/mol. The number of anilines is 2. The topological polar surface area (TPSA) is 95.3 Å². The molecule has 0 spiro atoms. The van der Waals surface area contributed by atoms with Crippen molar-refractivity contribution in [3.63, 3.8) is 0 Å². The van der Waals surface area contributed by atoms with Crippen molar-refractivity contribution in [1.29, 1.82) is 0 Å². The molecule has 1 heterocycles. The van der Waals surface area contributed by atoms with Crippen molar-refractivity contribution in [3.8, 4) is 17.6 Å². The van der Waals surface area contributed by atoms with Gasteiger partial charge >= 0.3 is 6.18 Å². The van der Waals surface area contributed by atoms with Crippen molar-refractivity contribution in [2.45, 2.75) is 39.9 Å². The van der Waals surface area contributed by atoms with Crippen molar-refractivity contribution < 1.29 is 22.7 Å². The number of benzene rings is 2. The largest absolute Gasteiger partial charge is 0.495 e. The van der Waals surface area contributed by atoms with E-state index in [-0.39, 0.29) is 12.2 Å². The van der Waals surface area contributed by atoms with E-state index in [1.54, 1.807) is 31.4 Å². The number of halogens is 3.